The van der Waals surface area contributed by atoms with Crippen LogP contribution in [-0.2, 0) is 0 Å². The smallest absolute Gasteiger partial charge is 0.0701 e. The first-order valence-corrected chi connectivity index (χ1v) is 5.27. The van der Waals surface area contributed by atoms with Crippen molar-refractivity contribution in [2.45, 2.75) is 13.0 Å². The van der Waals surface area contributed by atoms with Gasteiger partial charge in [-0.3, -0.25) is 5.32 Å². The third-order valence-corrected chi connectivity index (χ3v) is 3.34. The first kappa shape index (κ1) is 9.79. The van der Waals surface area contributed by atoms with E-state index in [-0.39, 0.29) is 0 Å². The van der Waals surface area contributed by atoms with Crippen LogP contribution >= 0.6 is 27.3 Å². The standard InChI is InChI=1S/C9H10BrNS/c1-3-6-11-7(2)8-4-5-9(10)12-8/h1,4-5,7,11H,6H2,2H3/t7-/m0/s1. The molecule has 0 unspecified atom stereocenters. The van der Waals surface area contributed by atoms with Gasteiger partial charge in [-0.2, -0.15) is 0 Å². The molecule has 0 spiro atoms. The molecule has 1 atom stereocenters. The number of thiophene rings is 1. The Morgan fingerprint density at radius 2 is 2.50 bits per heavy atom. The van der Waals surface area contributed by atoms with Crippen LogP contribution in [0.4, 0.5) is 0 Å². The molecular weight excluding hydrogens is 234 g/mol. The summed E-state index contributed by atoms with van der Waals surface area (Å²) in [7, 11) is 0. The van der Waals surface area contributed by atoms with Gasteiger partial charge in [0.1, 0.15) is 0 Å². The van der Waals surface area contributed by atoms with Gasteiger partial charge < -0.3 is 0 Å². The Morgan fingerprint density at radius 3 is 3.00 bits per heavy atom. The molecule has 0 bridgehead atoms. The lowest BCUT2D eigenvalue weighted by atomic mass is 10.3. The third-order valence-electron chi connectivity index (χ3n) is 1.53. The summed E-state index contributed by atoms with van der Waals surface area (Å²) in [5.41, 5.74) is 0. The van der Waals surface area contributed by atoms with Gasteiger partial charge in [-0.1, -0.05) is 5.92 Å². The molecule has 0 aliphatic heterocycles. The monoisotopic (exact) mass is 243 g/mol. The number of halogens is 1. The lowest BCUT2D eigenvalue weighted by Gasteiger charge is -2.08. The van der Waals surface area contributed by atoms with E-state index in [1.54, 1.807) is 11.3 Å². The predicted molar refractivity (Wildman–Crippen MR) is 57.3 cm³/mol. The van der Waals surface area contributed by atoms with Crippen LogP contribution in [0.5, 0.6) is 0 Å². The van der Waals surface area contributed by atoms with Crippen molar-refractivity contribution in [1.29, 1.82) is 0 Å². The van der Waals surface area contributed by atoms with Gasteiger partial charge in [0.15, 0.2) is 0 Å². The first-order chi connectivity index (χ1) is 5.74. The molecule has 3 heteroatoms. The fourth-order valence-corrected chi connectivity index (χ4v) is 2.32. The van der Waals surface area contributed by atoms with Crippen molar-refractivity contribution in [2.75, 3.05) is 6.54 Å². The summed E-state index contributed by atoms with van der Waals surface area (Å²) in [6.07, 6.45) is 5.14. The highest BCUT2D eigenvalue weighted by Gasteiger charge is 2.05. The number of hydrogen-bond acceptors (Lipinski definition) is 2. The highest BCUT2D eigenvalue weighted by molar-refractivity contribution is 9.11. The molecule has 0 saturated carbocycles. The second-order valence-electron chi connectivity index (χ2n) is 2.45. The summed E-state index contributed by atoms with van der Waals surface area (Å²) in [4.78, 5) is 1.30. The maximum Gasteiger partial charge on any atom is 0.0701 e. The highest BCUT2D eigenvalue weighted by Crippen LogP contribution is 2.26. The normalized spacial score (nSPS) is 12.4. The van der Waals surface area contributed by atoms with Crippen molar-refractivity contribution in [1.82, 2.24) is 5.32 Å². The molecule has 1 rings (SSSR count). The van der Waals surface area contributed by atoms with Gasteiger partial charge in [0.25, 0.3) is 0 Å². The van der Waals surface area contributed by atoms with E-state index in [4.69, 9.17) is 6.42 Å². The van der Waals surface area contributed by atoms with Gasteiger partial charge in [-0.15, -0.1) is 17.8 Å². The minimum atomic E-state index is 0.345. The summed E-state index contributed by atoms with van der Waals surface area (Å²) in [5.74, 6) is 2.56. The summed E-state index contributed by atoms with van der Waals surface area (Å²) >= 11 is 5.15. The minimum Gasteiger partial charge on any atom is -0.299 e. The second kappa shape index (κ2) is 4.66. The van der Waals surface area contributed by atoms with E-state index in [9.17, 15) is 0 Å². The Balaban J connectivity index is 2.54. The van der Waals surface area contributed by atoms with Crippen LogP contribution in [0, 0.1) is 12.3 Å². The molecule has 1 nitrogen and oxygen atoms in total. The SMILES string of the molecule is C#CCN[C@@H](C)c1ccc(Br)s1. The second-order valence-corrected chi connectivity index (χ2v) is 4.94. The molecule has 0 amide bonds. The van der Waals surface area contributed by atoms with Crippen LogP contribution in [0.3, 0.4) is 0 Å². The van der Waals surface area contributed by atoms with Crippen molar-refractivity contribution in [3.8, 4) is 12.3 Å². The van der Waals surface area contributed by atoms with Crippen LogP contribution in [-0.4, -0.2) is 6.54 Å². The van der Waals surface area contributed by atoms with Crippen LogP contribution < -0.4 is 5.32 Å². The first-order valence-electron chi connectivity index (χ1n) is 3.66. The summed E-state index contributed by atoms with van der Waals surface area (Å²) < 4.78 is 1.16. The average molecular weight is 244 g/mol. The fraction of sp³-hybridized carbons (Fsp3) is 0.333. The van der Waals surface area contributed by atoms with E-state index < -0.39 is 0 Å². The molecule has 1 heterocycles. The van der Waals surface area contributed by atoms with E-state index in [0.29, 0.717) is 12.6 Å². The predicted octanol–water partition coefficient (Wildman–Crippen LogP) is 2.79. The van der Waals surface area contributed by atoms with Crippen LogP contribution in [0.1, 0.15) is 17.8 Å². The lowest BCUT2D eigenvalue weighted by molar-refractivity contribution is 0.633. The molecule has 0 fully saturated rings. The van der Waals surface area contributed by atoms with Crippen molar-refractivity contribution in [3.05, 3.63) is 20.8 Å². The molecule has 0 aliphatic rings. The summed E-state index contributed by atoms with van der Waals surface area (Å²) in [5, 5.41) is 3.22. The molecule has 12 heavy (non-hydrogen) atoms. The van der Waals surface area contributed by atoms with E-state index >= 15 is 0 Å². The highest BCUT2D eigenvalue weighted by atomic mass is 79.9. The van der Waals surface area contributed by atoms with Gasteiger partial charge in [0, 0.05) is 10.9 Å². The molecule has 0 aliphatic carbocycles. The molecule has 1 N–H and O–H groups in total. The molecule has 0 aromatic carbocycles. The van der Waals surface area contributed by atoms with Gasteiger partial charge in [0.05, 0.1) is 10.3 Å². The van der Waals surface area contributed by atoms with Gasteiger partial charge in [0.2, 0.25) is 0 Å². The Kier molecular flexibility index (Phi) is 3.80. The van der Waals surface area contributed by atoms with Crippen molar-refractivity contribution in [2.24, 2.45) is 0 Å². The van der Waals surface area contributed by atoms with E-state index in [2.05, 4.69) is 40.2 Å². The maximum atomic E-state index is 5.14. The molecule has 0 saturated heterocycles. The quantitative estimate of drug-likeness (QED) is 0.806. The van der Waals surface area contributed by atoms with E-state index in [1.165, 1.54) is 4.88 Å². The molecule has 0 radical (unpaired) electrons. The average Bonchev–Trinajstić information content (AvgIpc) is 2.47. The van der Waals surface area contributed by atoms with Crippen molar-refractivity contribution >= 4 is 27.3 Å². The Labute approximate surface area is 85.3 Å². The number of nitrogens with one attached hydrogen (secondary N) is 1. The number of rotatable bonds is 3. The van der Waals surface area contributed by atoms with Gasteiger partial charge in [-0.05, 0) is 35.0 Å². The lowest BCUT2D eigenvalue weighted by Crippen LogP contribution is -2.17. The molecule has 64 valence electrons. The van der Waals surface area contributed by atoms with Crippen LogP contribution in [0.25, 0.3) is 0 Å². The van der Waals surface area contributed by atoms with Gasteiger partial charge >= 0.3 is 0 Å². The van der Waals surface area contributed by atoms with Crippen LogP contribution in [0.2, 0.25) is 0 Å². The Bertz CT molecular complexity index is 287. The molecule has 1 aromatic heterocycles. The van der Waals surface area contributed by atoms with E-state index in [0.717, 1.165) is 3.79 Å². The van der Waals surface area contributed by atoms with Gasteiger partial charge in [-0.25, -0.2) is 0 Å². The topological polar surface area (TPSA) is 12.0 Å². The van der Waals surface area contributed by atoms with E-state index in [1.807, 2.05) is 6.07 Å². The summed E-state index contributed by atoms with van der Waals surface area (Å²) in [6, 6.07) is 4.49. The largest absolute Gasteiger partial charge is 0.299 e. The van der Waals surface area contributed by atoms with Crippen molar-refractivity contribution < 1.29 is 0 Å². The number of hydrogen-bond donors (Lipinski definition) is 1. The third kappa shape index (κ3) is 2.63. The maximum absolute atomic E-state index is 5.14. The Hall–Kier alpha value is -0.300. The zero-order valence-electron chi connectivity index (χ0n) is 6.80. The zero-order valence-corrected chi connectivity index (χ0v) is 9.21. The fourth-order valence-electron chi connectivity index (χ4n) is 0.874. The number of terminal acetylenes is 1. The van der Waals surface area contributed by atoms with Crippen molar-refractivity contribution in [3.63, 3.8) is 0 Å². The molecular formula is C9H10BrNS. The zero-order chi connectivity index (χ0) is 8.97. The van der Waals surface area contributed by atoms with Crippen LogP contribution in [0.15, 0.2) is 15.9 Å². The Morgan fingerprint density at radius 1 is 1.75 bits per heavy atom. The minimum absolute atomic E-state index is 0.345. The summed E-state index contributed by atoms with van der Waals surface area (Å²) in [6.45, 7) is 2.73. The molecule has 1 aromatic rings.